The summed E-state index contributed by atoms with van der Waals surface area (Å²) in [6.45, 7) is 1.86. The zero-order valence-electron chi connectivity index (χ0n) is 14.4. The fourth-order valence-electron chi connectivity index (χ4n) is 2.56. The predicted molar refractivity (Wildman–Crippen MR) is 91.1 cm³/mol. The summed E-state index contributed by atoms with van der Waals surface area (Å²) in [6, 6.07) is 11.2. The molecular formula is C19H18F3NO4. The van der Waals surface area contributed by atoms with Crippen LogP contribution in [0.25, 0.3) is 0 Å². The van der Waals surface area contributed by atoms with E-state index in [1.54, 1.807) is 12.1 Å². The lowest BCUT2D eigenvalue weighted by Crippen LogP contribution is -2.31. The second kappa shape index (κ2) is 8.57. The summed E-state index contributed by atoms with van der Waals surface area (Å²) in [5, 5.41) is 11.7. The first-order valence-corrected chi connectivity index (χ1v) is 8.05. The highest BCUT2D eigenvalue weighted by atomic mass is 19.4. The van der Waals surface area contributed by atoms with E-state index in [9.17, 15) is 22.8 Å². The molecule has 2 rings (SSSR count). The first-order chi connectivity index (χ1) is 12.6. The number of benzene rings is 2. The van der Waals surface area contributed by atoms with Crippen molar-refractivity contribution in [3.8, 4) is 5.75 Å². The predicted octanol–water partition coefficient (Wildman–Crippen LogP) is 3.77. The number of carbonyl (C=O) groups excluding carboxylic acids is 1. The molecule has 0 aliphatic carbocycles. The van der Waals surface area contributed by atoms with Gasteiger partial charge in [0.25, 0.3) is 0 Å². The van der Waals surface area contributed by atoms with E-state index in [-0.39, 0.29) is 12.3 Å². The molecule has 0 heterocycles. The molecule has 0 radical (unpaired) electrons. The number of carbonyl (C=O) groups is 2. The number of carboxylic acid groups (broad SMARTS) is 1. The van der Waals surface area contributed by atoms with Crippen LogP contribution in [0.1, 0.15) is 29.2 Å². The quantitative estimate of drug-likeness (QED) is 0.766. The second-order valence-electron chi connectivity index (χ2n) is 5.94. The Bertz CT molecular complexity index is 803. The minimum absolute atomic E-state index is 0.0675. The van der Waals surface area contributed by atoms with Gasteiger partial charge in [-0.15, -0.1) is 13.2 Å². The van der Waals surface area contributed by atoms with Crippen LogP contribution >= 0.6 is 0 Å². The van der Waals surface area contributed by atoms with E-state index in [4.69, 9.17) is 5.11 Å². The monoisotopic (exact) mass is 381 g/mol. The molecule has 0 spiro atoms. The third-order valence-electron chi connectivity index (χ3n) is 3.84. The standard InChI is InChI=1S/C19H18F3NO4/c1-12-4-2-3-5-14(12)10-17(24)23-16(11-18(25)26)13-6-8-15(9-7-13)27-19(20,21)22/h2-9,16H,10-11H2,1H3,(H,23,24)(H,25,26). The van der Waals surface area contributed by atoms with Crippen LogP contribution in [0.2, 0.25) is 0 Å². The van der Waals surface area contributed by atoms with Gasteiger partial charge in [0.05, 0.1) is 18.9 Å². The van der Waals surface area contributed by atoms with Gasteiger partial charge in [-0.25, -0.2) is 0 Å². The van der Waals surface area contributed by atoms with Gasteiger partial charge in [0.15, 0.2) is 0 Å². The largest absolute Gasteiger partial charge is 0.573 e. The number of nitrogens with one attached hydrogen (secondary N) is 1. The van der Waals surface area contributed by atoms with E-state index in [0.29, 0.717) is 5.56 Å². The number of ether oxygens (including phenoxy) is 1. The van der Waals surface area contributed by atoms with Crippen LogP contribution in [0.3, 0.4) is 0 Å². The number of hydrogen-bond donors (Lipinski definition) is 2. The number of aliphatic carboxylic acids is 1. The molecule has 8 heteroatoms. The molecule has 27 heavy (non-hydrogen) atoms. The smallest absolute Gasteiger partial charge is 0.481 e. The summed E-state index contributed by atoms with van der Waals surface area (Å²) in [7, 11) is 0. The molecule has 0 fully saturated rings. The Balaban J connectivity index is 2.11. The van der Waals surface area contributed by atoms with Crippen molar-refractivity contribution < 1.29 is 32.6 Å². The molecule has 0 aliphatic rings. The van der Waals surface area contributed by atoms with Crippen LogP contribution in [0, 0.1) is 6.92 Å². The molecule has 144 valence electrons. The number of hydrogen-bond acceptors (Lipinski definition) is 3. The summed E-state index contributed by atoms with van der Waals surface area (Å²) in [6.07, 6.45) is -5.15. The lowest BCUT2D eigenvalue weighted by Gasteiger charge is -2.18. The van der Waals surface area contributed by atoms with Crippen molar-refractivity contribution in [2.75, 3.05) is 0 Å². The van der Waals surface area contributed by atoms with Gasteiger partial charge >= 0.3 is 12.3 Å². The molecule has 0 aromatic heterocycles. The number of halogens is 3. The van der Waals surface area contributed by atoms with E-state index < -0.39 is 30.5 Å². The fraction of sp³-hybridized carbons (Fsp3) is 0.263. The first-order valence-electron chi connectivity index (χ1n) is 8.05. The molecule has 1 amide bonds. The Morgan fingerprint density at radius 2 is 1.74 bits per heavy atom. The van der Waals surface area contributed by atoms with Crippen LogP contribution in [-0.4, -0.2) is 23.3 Å². The van der Waals surface area contributed by atoms with Crippen molar-refractivity contribution in [3.63, 3.8) is 0 Å². The number of amides is 1. The highest BCUT2D eigenvalue weighted by Crippen LogP contribution is 2.25. The van der Waals surface area contributed by atoms with Crippen LogP contribution in [0.5, 0.6) is 5.75 Å². The number of carboxylic acids is 1. The summed E-state index contributed by atoms with van der Waals surface area (Å²) in [4.78, 5) is 23.4. The molecule has 0 saturated heterocycles. The van der Waals surface area contributed by atoms with Crippen molar-refractivity contribution in [2.45, 2.75) is 32.2 Å². The van der Waals surface area contributed by atoms with Gasteiger partial charge in [-0.2, -0.15) is 0 Å². The molecular weight excluding hydrogens is 363 g/mol. The van der Waals surface area contributed by atoms with Gasteiger partial charge in [0.2, 0.25) is 5.91 Å². The normalized spacial score (nSPS) is 12.3. The van der Waals surface area contributed by atoms with Crippen molar-refractivity contribution in [1.82, 2.24) is 5.32 Å². The van der Waals surface area contributed by atoms with Crippen LogP contribution < -0.4 is 10.1 Å². The van der Waals surface area contributed by atoms with E-state index in [0.717, 1.165) is 23.3 Å². The molecule has 5 nitrogen and oxygen atoms in total. The molecule has 0 aliphatic heterocycles. The molecule has 2 N–H and O–H groups in total. The SMILES string of the molecule is Cc1ccccc1CC(=O)NC(CC(=O)O)c1ccc(OC(F)(F)F)cc1. The lowest BCUT2D eigenvalue weighted by atomic mass is 10.0. The van der Waals surface area contributed by atoms with E-state index >= 15 is 0 Å². The first kappa shape index (κ1) is 20.3. The van der Waals surface area contributed by atoms with E-state index in [2.05, 4.69) is 10.1 Å². The zero-order valence-corrected chi connectivity index (χ0v) is 14.4. The number of aryl methyl sites for hydroxylation is 1. The zero-order chi connectivity index (χ0) is 20.0. The fourth-order valence-corrected chi connectivity index (χ4v) is 2.56. The maximum atomic E-state index is 12.3. The van der Waals surface area contributed by atoms with Gasteiger partial charge in [-0.3, -0.25) is 9.59 Å². The lowest BCUT2D eigenvalue weighted by molar-refractivity contribution is -0.274. The summed E-state index contributed by atoms with van der Waals surface area (Å²) in [5.41, 5.74) is 2.10. The minimum Gasteiger partial charge on any atom is -0.481 e. The van der Waals surface area contributed by atoms with Crippen LogP contribution in [0.4, 0.5) is 13.2 Å². The van der Waals surface area contributed by atoms with E-state index in [1.165, 1.54) is 12.1 Å². The van der Waals surface area contributed by atoms with Gasteiger partial charge in [-0.05, 0) is 35.7 Å². The van der Waals surface area contributed by atoms with Crippen molar-refractivity contribution >= 4 is 11.9 Å². The van der Waals surface area contributed by atoms with Crippen LogP contribution in [0.15, 0.2) is 48.5 Å². The molecule has 0 bridgehead atoms. The molecule has 1 atom stereocenters. The Hall–Kier alpha value is -3.03. The summed E-state index contributed by atoms with van der Waals surface area (Å²) < 4.78 is 40.5. The topological polar surface area (TPSA) is 75.6 Å². The third-order valence-corrected chi connectivity index (χ3v) is 3.84. The average molecular weight is 381 g/mol. The summed E-state index contributed by atoms with van der Waals surface area (Å²) in [5.74, 6) is -1.95. The highest BCUT2D eigenvalue weighted by Gasteiger charge is 2.31. The Morgan fingerprint density at radius 3 is 2.30 bits per heavy atom. The summed E-state index contributed by atoms with van der Waals surface area (Å²) >= 11 is 0. The highest BCUT2D eigenvalue weighted by molar-refractivity contribution is 5.80. The van der Waals surface area contributed by atoms with Gasteiger partial charge in [0.1, 0.15) is 5.75 Å². The van der Waals surface area contributed by atoms with E-state index in [1.807, 2.05) is 19.1 Å². The molecule has 2 aromatic rings. The van der Waals surface area contributed by atoms with Crippen LogP contribution in [-0.2, 0) is 16.0 Å². The van der Waals surface area contributed by atoms with Crippen molar-refractivity contribution in [3.05, 3.63) is 65.2 Å². The van der Waals surface area contributed by atoms with Crippen molar-refractivity contribution in [2.24, 2.45) is 0 Å². The number of rotatable bonds is 7. The molecule has 1 unspecified atom stereocenters. The Labute approximate surface area is 153 Å². The number of alkyl halides is 3. The van der Waals surface area contributed by atoms with Gasteiger partial charge < -0.3 is 15.2 Å². The Kier molecular flexibility index (Phi) is 6.44. The third kappa shape index (κ3) is 6.65. The average Bonchev–Trinajstić information content (AvgIpc) is 2.55. The molecule has 2 aromatic carbocycles. The minimum atomic E-state index is -4.82. The maximum Gasteiger partial charge on any atom is 0.573 e. The Morgan fingerprint density at radius 1 is 1.11 bits per heavy atom. The second-order valence-corrected chi connectivity index (χ2v) is 5.94. The maximum absolute atomic E-state index is 12.3. The van der Waals surface area contributed by atoms with Gasteiger partial charge in [-0.1, -0.05) is 36.4 Å². The van der Waals surface area contributed by atoms with Crippen molar-refractivity contribution in [1.29, 1.82) is 0 Å². The molecule has 0 saturated carbocycles. The van der Waals surface area contributed by atoms with Gasteiger partial charge in [0, 0.05) is 0 Å².